The van der Waals surface area contributed by atoms with Crippen molar-refractivity contribution in [2.24, 2.45) is 23.2 Å². The van der Waals surface area contributed by atoms with E-state index in [1.807, 2.05) is 6.07 Å². The fourth-order valence-corrected chi connectivity index (χ4v) is 6.64. The van der Waals surface area contributed by atoms with Gasteiger partial charge >= 0.3 is 0 Å². The van der Waals surface area contributed by atoms with Gasteiger partial charge in [-0.25, -0.2) is 0 Å². The summed E-state index contributed by atoms with van der Waals surface area (Å²) in [6.45, 7) is 4.97. The van der Waals surface area contributed by atoms with Crippen LogP contribution in [0.25, 0.3) is 0 Å². The normalized spacial score (nSPS) is 41.0. The van der Waals surface area contributed by atoms with Crippen LogP contribution in [0.4, 0.5) is 0 Å². The number of aromatic hydroxyl groups is 1. The Bertz CT molecular complexity index is 650. The van der Waals surface area contributed by atoms with E-state index in [4.69, 9.17) is 4.74 Å². The van der Waals surface area contributed by atoms with Crippen molar-refractivity contribution in [3.63, 3.8) is 0 Å². The molecule has 1 N–H and O–H groups in total. The Morgan fingerprint density at radius 1 is 1.23 bits per heavy atom. The first-order chi connectivity index (χ1) is 10.6. The topological polar surface area (TPSA) is 32.8 Å². The highest BCUT2D eigenvalue weighted by atomic mass is 16.6. The molecule has 2 fully saturated rings. The van der Waals surface area contributed by atoms with Gasteiger partial charge in [-0.2, -0.15) is 0 Å². The lowest BCUT2D eigenvalue weighted by Gasteiger charge is -2.50. The standard InChI is InChI=1S/C20H26O2/c1-3-12-5-7-15-13-6-4-11-10-16(21)18-19(22-18)17(11)14(13)8-9-20(12,15)2/h10,12-15,21H,3-9H2,1-2H3/t12-,13+,14-,15-,20+/m0/s1. The van der Waals surface area contributed by atoms with E-state index in [1.54, 1.807) is 0 Å². The van der Waals surface area contributed by atoms with Gasteiger partial charge in [0.15, 0.2) is 11.5 Å². The quantitative estimate of drug-likeness (QED) is 0.717. The zero-order valence-corrected chi connectivity index (χ0v) is 13.7. The van der Waals surface area contributed by atoms with Crippen molar-refractivity contribution < 1.29 is 9.84 Å². The zero-order chi connectivity index (χ0) is 15.1. The minimum Gasteiger partial charge on any atom is -0.504 e. The number of phenols is 1. The molecule has 1 heterocycles. The van der Waals surface area contributed by atoms with E-state index >= 15 is 0 Å². The smallest absolute Gasteiger partial charge is 0.211 e. The summed E-state index contributed by atoms with van der Waals surface area (Å²) in [6, 6.07) is 1.98. The maximum atomic E-state index is 9.96. The summed E-state index contributed by atoms with van der Waals surface area (Å²) >= 11 is 0. The monoisotopic (exact) mass is 298 g/mol. The van der Waals surface area contributed by atoms with Crippen LogP contribution in [0, 0.1) is 23.2 Å². The van der Waals surface area contributed by atoms with Crippen LogP contribution in [-0.4, -0.2) is 5.11 Å². The lowest BCUT2D eigenvalue weighted by atomic mass is 9.54. The molecule has 0 amide bonds. The van der Waals surface area contributed by atoms with Crippen LogP contribution in [-0.2, 0) is 6.42 Å². The maximum absolute atomic E-state index is 9.96. The molecule has 0 aromatic heterocycles. The van der Waals surface area contributed by atoms with Crippen LogP contribution < -0.4 is 4.74 Å². The molecule has 0 radical (unpaired) electrons. The molecule has 1 aromatic rings. The molecular formula is C20H26O2. The van der Waals surface area contributed by atoms with Crippen LogP contribution in [0.15, 0.2) is 6.07 Å². The van der Waals surface area contributed by atoms with E-state index in [-0.39, 0.29) is 0 Å². The Balaban J connectivity index is 1.55. The average molecular weight is 298 g/mol. The number of hydrogen-bond acceptors (Lipinski definition) is 2. The molecule has 22 heavy (non-hydrogen) atoms. The van der Waals surface area contributed by atoms with Gasteiger partial charge in [-0.1, -0.05) is 20.3 Å². The summed E-state index contributed by atoms with van der Waals surface area (Å²) in [6.07, 6.45) is 9.38. The van der Waals surface area contributed by atoms with Gasteiger partial charge in [0.1, 0.15) is 0 Å². The number of aryl methyl sites for hydroxylation is 1. The Hall–Kier alpha value is -1.18. The van der Waals surface area contributed by atoms with Crippen LogP contribution in [0.3, 0.4) is 0 Å². The molecule has 118 valence electrons. The van der Waals surface area contributed by atoms with Crippen molar-refractivity contribution in [1.29, 1.82) is 0 Å². The zero-order valence-electron chi connectivity index (χ0n) is 13.7. The minimum absolute atomic E-state index is 0.361. The highest BCUT2D eigenvalue weighted by molar-refractivity contribution is 5.70. The number of benzene rings is 1. The van der Waals surface area contributed by atoms with Crippen LogP contribution in [0.5, 0.6) is 17.2 Å². The van der Waals surface area contributed by atoms with Crippen molar-refractivity contribution in [2.75, 3.05) is 0 Å². The Labute approximate surface area is 132 Å². The van der Waals surface area contributed by atoms with Crippen LogP contribution >= 0.6 is 0 Å². The molecule has 0 spiro atoms. The first-order valence-electron chi connectivity index (χ1n) is 9.20. The number of ether oxygens (including phenoxy) is 1. The number of fused-ring (bicyclic) bond motifs is 7. The van der Waals surface area contributed by atoms with Gasteiger partial charge in [0.25, 0.3) is 0 Å². The molecular weight excluding hydrogens is 272 g/mol. The molecule has 0 bridgehead atoms. The molecule has 0 saturated heterocycles. The largest absolute Gasteiger partial charge is 0.504 e. The molecule has 1 aromatic carbocycles. The second-order valence-electron chi connectivity index (χ2n) is 8.37. The predicted octanol–water partition coefficient (Wildman–Crippen LogP) is 5.38. The lowest BCUT2D eigenvalue weighted by molar-refractivity contribution is 0.0273. The van der Waals surface area contributed by atoms with E-state index in [2.05, 4.69) is 13.8 Å². The summed E-state index contributed by atoms with van der Waals surface area (Å²) in [5, 5.41) is 9.96. The Morgan fingerprint density at radius 2 is 2.09 bits per heavy atom. The second kappa shape index (κ2) is 4.21. The number of phenolic OH excluding ortho intramolecular Hbond substituents is 1. The maximum Gasteiger partial charge on any atom is 0.211 e. The van der Waals surface area contributed by atoms with Crippen molar-refractivity contribution in [2.45, 2.75) is 64.7 Å². The highest BCUT2D eigenvalue weighted by Crippen LogP contribution is 2.67. The van der Waals surface area contributed by atoms with Gasteiger partial charge in [0.05, 0.1) is 0 Å². The average Bonchev–Trinajstić information content (AvgIpc) is 3.24. The Morgan fingerprint density at radius 3 is 2.91 bits per heavy atom. The van der Waals surface area contributed by atoms with Gasteiger partial charge in [-0.05, 0) is 79.2 Å². The summed E-state index contributed by atoms with van der Waals surface area (Å²) in [5.41, 5.74) is 3.43. The van der Waals surface area contributed by atoms with Gasteiger partial charge < -0.3 is 9.84 Å². The van der Waals surface area contributed by atoms with E-state index in [0.717, 1.165) is 35.7 Å². The van der Waals surface area contributed by atoms with Gasteiger partial charge in [-0.3, -0.25) is 0 Å². The second-order valence-corrected chi connectivity index (χ2v) is 8.37. The molecule has 2 nitrogen and oxygen atoms in total. The van der Waals surface area contributed by atoms with Crippen molar-refractivity contribution >= 4 is 0 Å². The van der Waals surface area contributed by atoms with Crippen molar-refractivity contribution in [3.8, 4) is 17.2 Å². The number of hydrogen-bond donors (Lipinski definition) is 1. The minimum atomic E-state index is 0.361. The number of rotatable bonds is 1. The van der Waals surface area contributed by atoms with Crippen molar-refractivity contribution in [1.82, 2.24) is 0 Å². The third-order valence-corrected chi connectivity index (χ3v) is 7.75. The Kier molecular flexibility index (Phi) is 2.54. The SMILES string of the molecule is CC[C@H]1CC[C@H]2[C@@H]3CCc4cc(O)c5c(c4[C@H]3CC[C@]12C)O5. The van der Waals surface area contributed by atoms with E-state index in [0.29, 0.717) is 17.1 Å². The molecule has 0 unspecified atom stereocenters. The molecule has 1 aliphatic heterocycles. The third kappa shape index (κ3) is 1.51. The predicted molar refractivity (Wildman–Crippen MR) is 86.6 cm³/mol. The van der Waals surface area contributed by atoms with E-state index in [9.17, 15) is 5.11 Å². The highest BCUT2D eigenvalue weighted by Gasteiger charge is 2.55. The summed E-state index contributed by atoms with van der Waals surface area (Å²) in [4.78, 5) is 0. The van der Waals surface area contributed by atoms with E-state index < -0.39 is 0 Å². The van der Waals surface area contributed by atoms with Crippen LogP contribution in [0.1, 0.15) is 69.4 Å². The summed E-state index contributed by atoms with van der Waals surface area (Å²) in [5.74, 6) is 5.56. The molecule has 5 atom stereocenters. The fourth-order valence-electron chi connectivity index (χ4n) is 6.64. The molecule has 3 aliphatic carbocycles. The van der Waals surface area contributed by atoms with Gasteiger partial charge in [0, 0.05) is 5.56 Å². The van der Waals surface area contributed by atoms with Gasteiger partial charge in [0.2, 0.25) is 5.75 Å². The van der Waals surface area contributed by atoms with Crippen LogP contribution in [0.2, 0.25) is 0 Å². The summed E-state index contributed by atoms with van der Waals surface area (Å²) in [7, 11) is 0. The first kappa shape index (κ1) is 13.3. The third-order valence-electron chi connectivity index (χ3n) is 7.75. The fraction of sp³-hybridized carbons (Fsp3) is 0.700. The first-order valence-corrected chi connectivity index (χ1v) is 9.20. The molecule has 4 aliphatic rings. The van der Waals surface area contributed by atoms with Crippen molar-refractivity contribution in [3.05, 3.63) is 17.2 Å². The molecule has 2 heteroatoms. The van der Waals surface area contributed by atoms with Gasteiger partial charge in [-0.15, -0.1) is 0 Å². The molecule has 5 rings (SSSR count). The lowest BCUT2D eigenvalue weighted by Crippen LogP contribution is -2.42. The summed E-state index contributed by atoms with van der Waals surface area (Å²) < 4.78 is 5.64. The van der Waals surface area contributed by atoms with E-state index in [1.165, 1.54) is 49.7 Å². The molecule has 2 saturated carbocycles.